The lowest BCUT2D eigenvalue weighted by molar-refractivity contribution is 0.138. The molecule has 0 atom stereocenters. The number of aryl methyl sites for hydroxylation is 2. The molecule has 59 heavy (non-hydrogen) atoms. The molecule has 2 aromatic heterocycles. The Morgan fingerprint density at radius 2 is 1.25 bits per heavy atom. The Morgan fingerprint density at radius 3 is 1.86 bits per heavy atom. The summed E-state index contributed by atoms with van der Waals surface area (Å²) in [6.45, 7) is 14.6. The maximum absolute atomic E-state index is 13.8. The Labute approximate surface area is 353 Å². The summed E-state index contributed by atoms with van der Waals surface area (Å²) in [7, 11) is 3.85. The molecule has 2 aromatic carbocycles. The number of benzene rings is 2. The van der Waals surface area contributed by atoms with Gasteiger partial charge in [-0.15, -0.1) is 11.3 Å². The highest BCUT2D eigenvalue weighted by Gasteiger charge is 2.26. The molecular weight excluding hydrogens is 797 g/mol. The first-order valence-corrected chi connectivity index (χ1v) is 21.0. The van der Waals surface area contributed by atoms with Gasteiger partial charge in [-0.2, -0.15) is 0 Å². The standard InChI is InChI=1S/C40H56N10O7S2/c1-25(2)23-55-33-19-27(5)9-11-31(33)46-36(52)48-37-44-21-29(58-37)14-16-43-40(54)57-50(38(53)47-32-12-10-28(6)20-34(32)56-24-26(3)4)39-45-22-30(59-39)13-15-41-35(51)42-17-18-49(7)8/h9-12,19-22,25-26H,13-18,23-24H2,1-8H3,(H,43,54)(H,47,53)(H2,41,42,51)(H2,44,46,48,52). The van der Waals surface area contributed by atoms with E-state index in [1.54, 1.807) is 24.5 Å². The van der Waals surface area contributed by atoms with Crippen molar-refractivity contribution in [1.29, 1.82) is 0 Å². The number of amides is 7. The highest BCUT2D eigenvalue weighted by molar-refractivity contribution is 7.16. The summed E-state index contributed by atoms with van der Waals surface area (Å²) in [5.74, 6) is 1.61. The number of likely N-dealkylation sites (N-methyl/N-ethyl adjacent to an activating group) is 1. The average molecular weight is 853 g/mol. The van der Waals surface area contributed by atoms with Crippen LogP contribution >= 0.6 is 22.7 Å². The average Bonchev–Trinajstić information content (AvgIpc) is 3.83. The van der Waals surface area contributed by atoms with Crippen LogP contribution in [0.1, 0.15) is 48.6 Å². The largest absolute Gasteiger partial charge is 0.491 e. The van der Waals surface area contributed by atoms with E-state index in [4.69, 9.17) is 14.3 Å². The lowest BCUT2D eigenvalue weighted by Gasteiger charge is -2.20. The first kappa shape index (κ1) is 46.0. The van der Waals surface area contributed by atoms with Gasteiger partial charge in [-0.1, -0.05) is 56.2 Å². The molecule has 0 radical (unpaired) electrons. The zero-order valence-corrected chi connectivity index (χ0v) is 36.5. The van der Waals surface area contributed by atoms with Gasteiger partial charge in [-0.25, -0.2) is 29.1 Å². The Kier molecular flexibility index (Phi) is 18.0. The van der Waals surface area contributed by atoms with Gasteiger partial charge in [0.25, 0.3) is 0 Å². The van der Waals surface area contributed by atoms with E-state index >= 15 is 0 Å². The van der Waals surface area contributed by atoms with Crippen LogP contribution in [0.15, 0.2) is 48.8 Å². The maximum atomic E-state index is 13.8. The summed E-state index contributed by atoms with van der Waals surface area (Å²) in [4.78, 5) is 69.6. The van der Waals surface area contributed by atoms with Gasteiger partial charge < -0.3 is 45.8 Å². The molecule has 0 aliphatic carbocycles. The first-order valence-electron chi connectivity index (χ1n) is 19.3. The molecule has 0 unspecified atom stereocenters. The first-order chi connectivity index (χ1) is 28.1. The minimum Gasteiger partial charge on any atom is -0.491 e. The Bertz CT molecular complexity index is 2000. The number of nitrogens with one attached hydrogen (secondary N) is 6. The van der Waals surface area contributed by atoms with Gasteiger partial charge in [-0.05, 0) is 75.2 Å². The van der Waals surface area contributed by atoms with Gasteiger partial charge in [-0.3, -0.25) is 5.32 Å². The zero-order valence-electron chi connectivity index (χ0n) is 34.9. The number of hydrogen-bond donors (Lipinski definition) is 6. The molecule has 6 N–H and O–H groups in total. The molecule has 0 saturated carbocycles. The third-order valence-electron chi connectivity index (χ3n) is 7.90. The van der Waals surface area contributed by atoms with E-state index in [2.05, 4.69) is 41.9 Å². The minimum absolute atomic E-state index is 0.0977. The predicted molar refractivity (Wildman–Crippen MR) is 233 cm³/mol. The lowest BCUT2D eigenvalue weighted by Crippen LogP contribution is -2.41. The second-order valence-electron chi connectivity index (χ2n) is 14.7. The van der Waals surface area contributed by atoms with E-state index in [1.807, 2.05) is 84.8 Å². The van der Waals surface area contributed by atoms with Gasteiger partial charge >= 0.3 is 24.2 Å². The highest BCUT2D eigenvalue weighted by Crippen LogP contribution is 2.30. The number of carbonyl (C=O) groups excluding carboxylic acids is 4. The van der Waals surface area contributed by atoms with Gasteiger partial charge in [0.2, 0.25) is 5.13 Å². The second kappa shape index (κ2) is 23.1. The number of thiazole rings is 2. The molecule has 19 heteroatoms. The van der Waals surface area contributed by atoms with Crippen molar-refractivity contribution in [1.82, 2.24) is 30.8 Å². The van der Waals surface area contributed by atoms with Crippen LogP contribution in [0.3, 0.4) is 0 Å². The number of urea groups is 3. The van der Waals surface area contributed by atoms with Crippen LogP contribution in [0.25, 0.3) is 0 Å². The number of hydroxylamine groups is 1. The van der Waals surface area contributed by atoms with Crippen LogP contribution < -0.4 is 46.4 Å². The van der Waals surface area contributed by atoms with E-state index in [9.17, 15) is 19.2 Å². The van der Waals surface area contributed by atoms with Gasteiger partial charge in [0, 0.05) is 61.2 Å². The van der Waals surface area contributed by atoms with Crippen molar-refractivity contribution in [3.05, 3.63) is 69.7 Å². The molecule has 0 aliphatic heterocycles. The maximum Gasteiger partial charge on any atom is 0.432 e. The molecule has 0 fully saturated rings. The number of ether oxygens (including phenoxy) is 2. The minimum atomic E-state index is -0.899. The van der Waals surface area contributed by atoms with Crippen LogP contribution in [0.2, 0.25) is 0 Å². The van der Waals surface area contributed by atoms with Gasteiger partial charge in [0.15, 0.2) is 5.13 Å². The summed E-state index contributed by atoms with van der Waals surface area (Å²) in [6, 6.07) is 9.37. The molecular formula is C40H56N10O7S2. The molecule has 2 heterocycles. The van der Waals surface area contributed by atoms with E-state index < -0.39 is 18.2 Å². The summed E-state index contributed by atoms with van der Waals surface area (Å²) in [5, 5.41) is 17.9. The molecule has 17 nitrogen and oxygen atoms in total. The normalized spacial score (nSPS) is 11.0. The van der Waals surface area contributed by atoms with E-state index in [0.29, 0.717) is 79.6 Å². The van der Waals surface area contributed by atoms with Gasteiger partial charge in [0.1, 0.15) is 11.5 Å². The van der Waals surface area contributed by atoms with Crippen LogP contribution in [-0.4, -0.2) is 92.5 Å². The second-order valence-corrected chi connectivity index (χ2v) is 17.0. The Morgan fingerprint density at radius 1 is 0.695 bits per heavy atom. The number of carbonyl (C=O) groups is 4. The fraction of sp³-hybridized carbons (Fsp3) is 0.450. The van der Waals surface area contributed by atoms with E-state index in [-0.39, 0.29) is 23.6 Å². The summed E-state index contributed by atoms with van der Waals surface area (Å²) in [6.07, 6.45) is 3.06. The third-order valence-corrected chi connectivity index (χ3v) is 9.90. The molecule has 7 amide bonds. The monoisotopic (exact) mass is 852 g/mol. The molecule has 0 spiro atoms. The van der Waals surface area contributed by atoms with Crippen LogP contribution in [0.4, 0.5) is 40.8 Å². The number of rotatable bonds is 19. The summed E-state index contributed by atoms with van der Waals surface area (Å²) in [5.41, 5.74) is 2.87. The SMILES string of the molecule is Cc1ccc(NC(=O)Nc2ncc(CCNC(=O)ON(C(=O)Nc3ccc(C)cc3OCC(C)C)c3ncc(CCNC(=O)NCCN(C)C)s3)s2)c(OCC(C)C)c1. The van der Waals surface area contributed by atoms with Gasteiger partial charge in [0.05, 0.1) is 24.6 Å². The van der Waals surface area contributed by atoms with Crippen molar-refractivity contribution in [2.45, 2.75) is 54.4 Å². The Hall–Kier alpha value is -5.66. The van der Waals surface area contributed by atoms with Crippen molar-refractivity contribution in [2.24, 2.45) is 11.8 Å². The zero-order chi connectivity index (χ0) is 42.9. The smallest absolute Gasteiger partial charge is 0.432 e. The third kappa shape index (κ3) is 16.3. The lowest BCUT2D eigenvalue weighted by atomic mass is 10.2. The summed E-state index contributed by atoms with van der Waals surface area (Å²) < 4.78 is 11.9. The van der Waals surface area contributed by atoms with Crippen molar-refractivity contribution in [2.75, 3.05) is 74.5 Å². The van der Waals surface area contributed by atoms with E-state index in [1.165, 1.54) is 11.3 Å². The Balaban J connectivity index is 1.36. The topological polar surface area (TPSA) is 200 Å². The molecule has 0 saturated heterocycles. The molecule has 320 valence electrons. The van der Waals surface area contributed by atoms with Crippen LogP contribution in [0.5, 0.6) is 11.5 Å². The van der Waals surface area contributed by atoms with Crippen molar-refractivity contribution >= 4 is 68.5 Å². The van der Waals surface area contributed by atoms with Crippen molar-refractivity contribution < 1.29 is 33.5 Å². The molecule has 0 bridgehead atoms. The summed E-state index contributed by atoms with van der Waals surface area (Å²) >= 11 is 2.39. The van der Waals surface area contributed by atoms with Crippen LogP contribution in [0, 0.1) is 25.7 Å². The molecule has 4 aromatic rings. The fourth-order valence-corrected chi connectivity index (χ4v) is 6.61. The predicted octanol–water partition coefficient (Wildman–Crippen LogP) is 7.26. The number of aromatic nitrogens is 2. The van der Waals surface area contributed by atoms with E-state index in [0.717, 1.165) is 37.3 Å². The number of anilines is 4. The quantitative estimate of drug-likeness (QED) is 0.0522. The number of hydrogen-bond acceptors (Lipinski definition) is 12. The fourth-order valence-electron chi connectivity index (χ4n) is 4.95. The van der Waals surface area contributed by atoms with Crippen molar-refractivity contribution in [3.63, 3.8) is 0 Å². The number of nitrogens with zero attached hydrogens (tertiary/aromatic N) is 4. The highest BCUT2D eigenvalue weighted by atomic mass is 32.1. The van der Waals surface area contributed by atoms with Crippen molar-refractivity contribution in [3.8, 4) is 11.5 Å². The van der Waals surface area contributed by atoms with Crippen LogP contribution in [-0.2, 0) is 17.7 Å². The molecule has 0 aliphatic rings. The molecule has 4 rings (SSSR count).